The first kappa shape index (κ1) is 23.3. The number of carbonyl (C=O) groups is 2. The van der Waals surface area contributed by atoms with Crippen LogP contribution in [0.2, 0.25) is 10.0 Å². The Kier molecular flexibility index (Phi) is 7.28. The zero-order chi connectivity index (χ0) is 22.8. The summed E-state index contributed by atoms with van der Waals surface area (Å²) in [4.78, 5) is 26.3. The first-order chi connectivity index (χ1) is 15.3. The van der Waals surface area contributed by atoms with E-state index in [1.165, 1.54) is 0 Å². The quantitative estimate of drug-likeness (QED) is 0.181. The van der Waals surface area contributed by atoms with Crippen molar-refractivity contribution in [2.75, 3.05) is 4.90 Å². The summed E-state index contributed by atoms with van der Waals surface area (Å²) in [6, 6.07) is 17.4. The van der Waals surface area contributed by atoms with Gasteiger partial charge in [0.05, 0.1) is 12.8 Å². The van der Waals surface area contributed by atoms with Crippen LogP contribution < -0.4 is 15.0 Å². The molecule has 0 unspecified atom stereocenters. The van der Waals surface area contributed by atoms with Gasteiger partial charge in [0, 0.05) is 15.6 Å². The van der Waals surface area contributed by atoms with Crippen LogP contribution in [0.4, 0.5) is 10.5 Å². The third-order valence-electron chi connectivity index (χ3n) is 4.61. The van der Waals surface area contributed by atoms with Crippen molar-refractivity contribution in [3.05, 3.63) is 94.7 Å². The van der Waals surface area contributed by atoms with Crippen LogP contribution in [0.3, 0.4) is 0 Å². The Labute approximate surface area is 222 Å². The number of amides is 3. The molecule has 9 heteroatoms. The van der Waals surface area contributed by atoms with Crippen LogP contribution in [0.5, 0.6) is 5.75 Å². The first-order valence-electron chi connectivity index (χ1n) is 9.31. The summed E-state index contributed by atoms with van der Waals surface area (Å²) in [5.74, 6) is 0.289. The van der Waals surface area contributed by atoms with Crippen LogP contribution in [-0.4, -0.2) is 11.9 Å². The second kappa shape index (κ2) is 9.98. The van der Waals surface area contributed by atoms with Crippen LogP contribution in [0, 0.1) is 7.14 Å². The fourth-order valence-corrected chi connectivity index (χ4v) is 5.62. The van der Waals surface area contributed by atoms with E-state index in [0.717, 1.165) is 28.9 Å². The molecular weight excluding hydrogens is 677 g/mol. The van der Waals surface area contributed by atoms with Crippen molar-refractivity contribution in [2.24, 2.45) is 0 Å². The van der Waals surface area contributed by atoms with Crippen LogP contribution in [0.25, 0.3) is 6.08 Å². The number of carbonyl (C=O) groups excluding carboxylic acids is 2. The molecule has 0 spiro atoms. The molecule has 1 saturated heterocycles. The number of halogens is 4. The molecule has 3 aromatic rings. The van der Waals surface area contributed by atoms with Crippen molar-refractivity contribution in [1.82, 2.24) is 5.32 Å². The zero-order valence-electron chi connectivity index (χ0n) is 16.2. The predicted octanol–water partition coefficient (Wildman–Crippen LogP) is 6.88. The standard InChI is InChI=1S/C23H14Cl2I2N2O3/c24-15-5-3-6-16(11-15)29-22(30)20(28-23(29)31)10-13-8-18(26)21(19(27)9-13)32-12-14-4-1-2-7-17(14)25/h1-11H,12H2,(H,28,31)/b20-10+. The number of imide groups is 1. The van der Waals surface area contributed by atoms with Crippen molar-refractivity contribution in [3.8, 4) is 5.75 Å². The zero-order valence-corrected chi connectivity index (χ0v) is 22.1. The van der Waals surface area contributed by atoms with Crippen LogP contribution >= 0.6 is 68.4 Å². The molecule has 0 aromatic heterocycles. The minimum absolute atomic E-state index is 0.186. The van der Waals surface area contributed by atoms with E-state index in [2.05, 4.69) is 50.5 Å². The van der Waals surface area contributed by atoms with Gasteiger partial charge in [-0.3, -0.25) is 4.79 Å². The average Bonchev–Trinajstić information content (AvgIpc) is 3.01. The van der Waals surface area contributed by atoms with Gasteiger partial charge in [0.1, 0.15) is 18.1 Å². The molecule has 0 radical (unpaired) electrons. The summed E-state index contributed by atoms with van der Waals surface area (Å²) in [7, 11) is 0. The number of urea groups is 1. The van der Waals surface area contributed by atoms with E-state index in [1.807, 2.05) is 36.4 Å². The van der Waals surface area contributed by atoms with Crippen molar-refractivity contribution >= 4 is 92.1 Å². The topological polar surface area (TPSA) is 58.6 Å². The minimum Gasteiger partial charge on any atom is -0.487 e. The Bertz CT molecular complexity index is 1240. The highest BCUT2D eigenvalue weighted by molar-refractivity contribution is 14.1. The lowest BCUT2D eigenvalue weighted by Gasteiger charge is -2.13. The van der Waals surface area contributed by atoms with E-state index in [4.69, 9.17) is 27.9 Å². The van der Waals surface area contributed by atoms with Gasteiger partial charge in [-0.25, -0.2) is 9.69 Å². The van der Waals surface area contributed by atoms with Crippen molar-refractivity contribution < 1.29 is 14.3 Å². The number of ether oxygens (including phenoxy) is 1. The summed E-state index contributed by atoms with van der Waals surface area (Å²) in [6.45, 7) is 0.343. The summed E-state index contributed by atoms with van der Waals surface area (Å²) in [5, 5.41) is 3.72. The number of anilines is 1. The number of nitrogens with zero attached hydrogens (tertiary/aromatic N) is 1. The lowest BCUT2D eigenvalue weighted by atomic mass is 10.1. The molecule has 1 N–H and O–H groups in total. The minimum atomic E-state index is -0.521. The molecule has 162 valence electrons. The molecule has 1 fully saturated rings. The predicted molar refractivity (Wildman–Crippen MR) is 143 cm³/mol. The largest absolute Gasteiger partial charge is 0.487 e. The fraction of sp³-hybridized carbons (Fsp3) is 0.0435. The fourth-order valence-electron chi connectivity index (χ4n) is 3.12. The third-order valence-corrected chi connectivity index (χ3v) is 6.81. The van der Waals surface area contributed by atoms with E-state index in [9.17, 15) is 9.59 Å². The van der Waals surface area contributed by atoms with E-state index >= 15 is 0 Å². The molecule has 3 aromatic carbocycles. The molecule has 3 amide bonds. The molecule has 0 saturated carbocycles. The Balaban J connectivity index is 1.56. The van der Waals surface area contributed by atoms with Gasteiger partial charge in [0.15, 0.2) is 0 Å². The van der Waals surface area contributed by atoms with Crippen molar-refractivity contribution in [1.29, 1.82) is 0 Å². The highest BCUT2D eigenvalue weighted by atomic mass is 127. The lowest BCUT2D eigenvalue weighted by molar-refractivity contribution is -0.113. The normalized spacial score (nSPS) is 14.8. The Morgan fingerprint density at radius 3 is 2.38 bits per heavy atom. The van der Waals surface area contributed by atoms with Gasteiger partial charge >= 0.3 is 6.03 Å². The maximum Gasteiger partial charge on any atom is 0.333 e. The average molecular weight is 691 g/mol. The molecule has 0 bridgehead atoms. The Hall–Kier alpha value is -1.82. The molecule has 0 aliphatic carbocycles. The number of benzene rings is 3. The lowest BCUT2D eigenvalue weighted by Crippen LogP contribution is -2.30. The van der Waals surface area contributed by atoms with Crippen LogP contribution in [-0.2, 0) is 11.4 Å². The summed E-state index contributed by atoms with van der Waals surface area (Å²) in [6.07, 6.45) is 1.65. The summed E-state index contributed by atoms with van der Waals surface area (Å²) in [5.41, 5.74) is 2.26. The van der Waals surface area contributed by atoms with Crippen molar-refractivity contribution in [3.63, 3.8) is 0 Å². The maximum absolute atomic E-state index is 12.9. The van der Waals surface area contributed by atoms with E-state index in [0.29, 0.717) is 22.3 Å². The third kappa shape index (κ3) is 5.05. The number of rotatable bonds is 5. The van der Waals surface area contributed by atoms with Crippen LogP contribution in [0.15, 0.2) is 66.4 Å². The second-order valence-corrected chi connectivity index (χ2v) is 9.97. The molecule has 5 nitrogen and oxygen atoms in total. The highest BCUT2D eigenvalue weighted by Gasteiger charge is 2.35. The molecule has 1 aliphatic rings. The van der Waals surface area contributed by atoms with Gasteiger partial charge in [-0.05, 0) is 93.2 Å². The van der Waals surface area contributed by atoms with Crippen LogP contribution in [0.1, 0.15) is 11.1 Å². The van der Waals surface area contributed by atoms with Gasteiger partial charge in [0.25, 0.3) is 5.91 Å². The highest BCUT2D eigenvalue weighted by Crippen LogP contribution is 2.32. The monoisotopic (exact) mass is 690 g/mol. The number of hydrogen-bond acceptors (Lipinski definition) is 3. The second-order valence-electron chi connectivity index (χ2n) is 6.80. The Morgan fingerprint density at radius 1 is 0.969 bits per heavy atom. The first-order valence-corrected chi connectivity index (χ1v) is 12.2. The molecular formula is C23H14Cl2I2N2O3. The molecule has 1 aliphatic heterocycles. The van der Waals surface area contributed by atoms with Gasteiger partial charge in [-0.15, -0.1) is 0 Å². The molecule has 4 rings (SSSR count). The molecule has 1 heterocycles. The van der Waals surface area contributed by atoms with Crippen molar-refractivity contribution in [2.45, 2.75) is 6.61 Å². The van der Waals surface area contributed by atoms with Gasteiger partial charge in [0.2, 0.25) is 0 Å². The smallest absolute Gasteiger partial charge is 0.333 e. The summed E-state index contributed by atoms with van der Waals surface area (Å²) >= 11 is 16.6. The number of nitrogens with one attached hydrogen (secondary N) is 1. The van der Waals surface area contributed by atoms with E-state index in [1.54, 1.807) is 30.3 Å². The maximum atomic E-state index is 12.9. The van der Waals surface area contributed by atoms with E-state index < -0.39 is 11.9 Å². The molecule has 32 heavy (non-hydrogen) atoms. The van der Waals surface area contributed by atoms with Gasteiger partial charge in [-0.1, -0.05) is 47.5 Å². The number of hydrogen-bond donors (Lipinski definition) is 1. The van der Waals surface area contributed by atoms with Gasteiger partial charge in [-0.2, -0.15) is 0 Å². The Morgan fingerprint density at radius 2 is 1.69 bits per heavy atom. The molecule has 0 atom stereocenters. The summed E-state index contributed by atoms with van der Waals surface area (Å²) < 4.78 is 7.75. The SMILES string of the molecule is O=C1N/C(=C/c2cc(I)c(OCc3ccccc3Cl)c(I)c2)C(=O)N1c1cccc(Cl)c1. The van der Waals surface area contributed by atoms with Gasteiger partial charge < -0.3 is 10.1 Å². The van der Waals surface area contributed by atoms with E-state index in [-0.39, 0.29) is 5.70 Å².